The van der Waals surface area contributed by atoms with Crippen LogP contribution in [0.2, 0.25) is 0 Å². The molecule has 0 bridgehead atoms. The molecule has 21 heavy (non-hydrogen) atoms. The number of pyridine rings is 1. The number of aromatic nitrogens is 1. The van der Waals surface area contributed by atoms with Crippen molar-refractivity contribution in [1.29, 1.82) is 0 Å². The van der Waals surface area contributed by atoms with Gasteiger partial charge in [-0.15, -0.1) is 0 Å². The van der Waals surface area contributed by atoms with Crippen molar-refractivity contribution in [2.45, 2.75) is 25.4 Å². The van der Waals surface area contributed by atoms with Crippen LogP contribution in [0.15, 0.2) is 54.9 Å². The number of hydrogen-bond donors (Lipinski definition) is 1. The van der Waals surface area contributed by atoms with E-state index in [0.717, 1.165) is 28.3 Å². The van der Waals surface area contributed by atoms with E-state index in [9.17, 15) is 5.11 Å². The Morgan fingerprint density at radius 3 is 2.86 bits per heavy atom. The number of aryl methyl sites for hydroxylation is 2. The minimum Gasteiger partial charge on any atom is -0.384 e. The van der Waals surface area contributed by atoms with Crippen molar-refractivity contribution < 1.29 is 5.11 Å². The summed E-state index contributed by atoms with van der Waals surface area (Å²) in [5.74, 6) is 0. The molecular formula is C19H17NO. The first-order chi connectivity index (χ1) is 10.3. The number of rotatable bonds is 2. The van der Waals surface area contributed by atoms with Gasteiger partial charge in [0.25, 0.3) is 0 Å². The van der Waals surface area contributed by atoms with Crippen LogP contribution in [-0.4, -0.2) is 10.1 Å². The number of fused-ring (bicyclic) bond motifs is 2. The van der Waals surface area contributed by atoms with Crippen molar-refractivity contribution in [2.75, 3.05) is 0 Å². The number of benzene rings is 2. The third kappa shape index (κ3) is 2.12. The largest absolute Gasteiger partial charge is 0.384 e. The third-order valence-corrected chi connectivity index (χ3v) is 4.45. The molecule has 2 heteroatoms. The molecule has 0 radical (unpaired) electrons. The fourth-order valence-electron chi connectivity index (χ4n) is 3.32. The van der Waals surface area contributed by atoms with Crippen molar-refractivity contribution in [2.24, 2.45) is 0 Å². The molecule has 1 atom stereocenters. The molecule has 0 amide bonds. The average Bonchev–Trinajstić information content (AvgIpc) is 3.01. The van der Waals surface area contributed by atoms with Gasteiger partial charge < -0.3 is 5.11 Å². The van der Waals surface area contributed by atoms with E-state index in [-0.39, 0.29) is 0 Å². The molecule has 0 saturated heterocycles. The smallest absolute Gasteiger partial charge is 0.105 e. The molecular weight excluding hydrogens is 258 g/mol. The van der Waals surface area contributed by atoms with Gasteiger partial charge >= 0.3 is 0 Å². The lowest BCUT2D eigenvalue weighted by molar-refractivity contribution is 0.222. The van der Waals surface area contributed by atoms with Gasteiger partial charge in [-0.1, -0.05) is 36.4 Å². The van der Waals surface area contributed by atoms with E-state index >= 15 is 0 Å². The van der Waals surface area contributed by atoms with Gasteiger partial charge in [0.1, 0.15) is 6.10 Å². The van der Waals surface area contributed by atoms with Crippen molar-refractivity contribution in [3.63, 3.8) is 0 Å². The van der Waals surface area contributed by atoms with Crippen LogP contribution in [0.5, 0.6) is 0 Å². The predicted molar refractivity (Wildman–Crippen MR) is 84.3 cm³/mol. The maximum absolute atomic E-state index is 10.8. The first-order valence-electron chi connectivity index (χ1n) is 7.45. The lowest BCUT2D eigenvalue weighted by Gasteiger charge is -2.15. The highest BCUT2D eigenvalue weighted by atomic mass is 16.3. The Morgan fingerprint density at radius 1 is 1.00 bits per heavy atom. The summed E-state index contributed by atoms with van der Waals surface area (Å²) in [6.45, 7) is 0. The number of aliphatic hydroxyl groups is 1. The Kier molecular flexibility index (Phi) is 2.97. The van der Waals surface area contributed by atoms with Gasteiger partial charge in [-0.25, -0.2) is 0 Å². The summed E-state index contributed by atoms with van der Waals surface area (Å²) >= 11 is 0. The Labute approximate surface area is 124 Å². The molecule has 1 N–H and O–H groups in total. The van der Waals surface area contributed by atoms with Crippen LogP contribution < -0.4 is 0 Å². The van der Waals surface area contributed by atoms with Gasteiger partial charge in [0, 0.05) is 17.8 Å². The summed E-state index contributed by atoms with van der Waals surface area (Å²) in [5.41, 5.74) is 4.74. The summed E-state index contributed by atoms with van der Waals surface area (Å²) in [6.07, 6.45) is 6.56. The fraction of sp³-hybridized carbons (Fsp3) is 0.211. The fourth-order valence-corrected chi connectivity index (χ4v) is 3.32. The second-order valence-corrected chi connectivity index (χ2v) is 5.73. The van der Waals surface area contributed by atoms with Crippen molar-refractivity contribution in [1.82, 2.24) is 4.98 Å². The average molecular weight is 275 g/mol. The minimum atomic E-state index is -0.594. The van der Waals surface area contributed by atoms with Gasteiger partial charge in [0.15, 0.2) is 0 Å². The third-order valence-electron chi connectivity index (χ3n) is 4.45. The van der Waals surface area contributed by atoms with Crippen LogP contribution in [0.25, 0.3) is 10.8 Å². The molecule has 1 aliphatic rings. The van der Waals surface area contributed by atoms with Crippen LogP contribution in [0.3, 0.4) is 0 Å². The maximum atomic E-state index is 10.8. The highest BCUT2D eigenvalue weighted by Crippen LogP contribution is 2.31. The molecule has 2 aromatic carbocycles. The van der Waals surface area contributed by atoms with Gasteiger partial charge in [0.2, 0.25) is 0 Å². The van der Waals surface area contributed by atoms with Crippen LogP contribution in [-0.2, 0) is 12.8 Å². The van der Waals surface area contributed by atoms with Crippen molar-refractivity contribution >= 4 is 10.8 Å². The normalized spacial score (nSPS) is 15.1. The molecule has 0 fully saturated rings. The molecule has 1 aliphatic carbocycles. The number of hydrogen-bond acceptors (Lipinski definition) is 2. The van der Waals surface area contributed by atoms with Crippen molar-refractivity contribution in [3.05, 3.63) is 77.1 Å². The van der Waals surface area contributed by atoms with E-state index in [1.807, 2.05) is 24.4 Å². The highest BCUT2D eigenvalue weighted by Gasteiger charge is 2.17. The molecule has 2 nitrogen and oxygen atoms in total. The molecule has 104 valence electrons. The van der Waals surface area contributed by atoms with E-state index in [1.54, 1.807) is 6.20 Å². The minimum absolute atomic E-state index is 0.594. The Bertz CT molecular complexity index is 804. The molecule has 1 unspecified atom stereocenters. The predicted octanol–water partition coefficient (Wildman–Crippen LogP) is 3.81. The van der Waals surface area contributed by atoms with Crippen LogP contribution in [0.4, 0.5) is 0 Å². The Morgan fingerprint density at radius 2 is 1.90 bits per heavy atom. The zero-order valence-electron chi connectivity index (χ0n) is 11.8. The molecule has 1 aromatic heterocycles. The lowest BCUT2D eigenvalue weighted by atomic mass is 9.95. The molecule has 3 aromatic rings. The molecule has 4 rings (SSSR count). The Hall–Kier alpha value is -2.19. The second kappa shape index (κ2) is 4.97. The number of nitrogens with zero attached hydrogens (tertiary/aromatic N) is 1. The summed E-state index contributed by atoms with van der Waals surface area (Å²) in [6, 6.07) is 14.4. The highest BCUT2D eigenvalue weighted by molar-refractivity contribution is 5.85. The number of aliphatic hydroxyl groups excluding tert-OH is 1. The molecule has 0 spiro atoms. The van der Waals surface area contributed by atoms with E-state index in [1.165, 1.54) is 24.0 Å². The molecule has 0 saturated carbocycles. The zero-order valence-corrected chi connectivity index (χ0v) is 11.8. The van der Waals surface area contributed by atoms with Gasteiger partial charge in [-0.05, 0) is 53.0 Å². The van der Waals surface area contributed by atoms with Gasteiger partial charge in [-0.3, -0.25) is 4.98 Å². The van der Waals surface area contributed by atoms with E-state index in [2.05, 4.69) is 29.2 Å². The Balaban J connectivity index is 1.81. The van der Waals surface area contributed by atoms with E-state index in [0.29, 0.717) is 0 Å². The first-order valence-corrected chi connectivity index (χ1v) is 7.45. The van der Waals surface area contributed by atoms with E-state index in [4.69, 9.17) is 0 Å². The van der Waals surface area contributed by atoms with Crippen LogP contribution >= 0.6 is 0 Å². The summed E-state index contributed by atoms with van der Waals surface area (Å²) in [4.78, 5) is 4.20. The molecule has 0 aliphatic heterocycles. The van der Waals surface area contributed by atoms with Crippen molar-refractivity contribution in [3.8, 4) is 0 Å². The van der Waals surface area contributed by atoms with Crippen LogP contribution in [0, 0.1) is 0 Å². The maximum Gasteiger partial charge on any atom is 0.105 e. The quantitative estimate of drug-likeness (QED) is 0.771. The second-order valence-electron chi connectivity index (χ2n) is 5.73. The summed E-state index contributed by atoms with van der Waals surface area (Å²) in [7, 11) is 0. The van der Waals surface area contributed by atoms with Crippen LogP contribution in [0.1, 0.15) is 34.8 Å². The zero-order chi connectivity index (χ0) is 14.2. The topological polar surface area (TPSA) is 33.1 Å². The lowest BCUT2D eigenvalue weighted by Crippen LogP contribution is -2.01. The summed E-state index contributed by atoms with van der Waals surface area (Å²) < 4.78 is 0. The van der Waals surface area contributed by atoms with E-state index < -0.39 is 6.10 Å². The van der Waals surface area contributed by atoms with Gasteiger partial charge in [-0.2, -0.15) is 0 Å². The first kappa shape index (κ1) is 12.5. The van der Waals surface area contributed by atoms with Gasteiger partial charge in [0.05, 0.1) is 0 Å². The summed E-state index contributed by atoms with van der Waals surface area (Å²) in [5, 5.41) is 12.9. The standard InChI is InChI=1S/C19H17NO/c21-19(16-8-7-13-3-1-5-15(13)11-16)17-6-2-4-14-9-10-20-12-18(14)17/h2,4,6-12,19,21H,1,3,5H2. The SMILES string of the molecule is OC(c1ccc2c(c1)CCC2)c1cccc2ccncc12. The monoisotopic (exact) mass is 275 g/mol. The molecule has 1 heterocycles.